The van der Waals surface area contributed by atoms with Gasteiger partial charge in [-0.2, -0.15) is 0 Å². The SMILES string of the molecule is CC(C)NC1CCC(OC2CC(C(=O)c3nccc4c3[nH]c3ccc(O)cc34)C(C)OC2O)OC1C. The zero-order valence-electron chi connectivity index (χ0n) is 21.1. The zero-order valence-corrected chi connectivity index (χ0v) is 21.1. The maximum atomic E-state index is 13.7. The van der Waals surface area contributed by atoms with Crippen LogP contribution in [-0.4, -0.2) is 68.9 Å². The molecule has 2 saturated heterocycles. The van der Waals surface area contributed by atoms with Gasteiger partial charge in [0.25, 0.3) is 0 Å². The molecular weight excluding hydrogens is 462 g/mol. The number of aromatic amines is 1. The number of phenols is 1. The summed E-state index contributed by atoms with van der Waals surface area (Å²) in [7, 11) is 0. The van der Waals surface area contributed by atoms with Crippen LogP contribution in [-0.2, 0) is 14.2 Å². The van der Waals surface area contributed by atoms with Gasteiger partial charge in [-0.1, -0.05) is 13.8 Å². The second-order valence-electron chi connectivity index (χ2n) is 10.3. The molecule has 3 aromatic rings. The largest absolute Gasteiger partial charge is 0.508 e. The van der Waals surface area contributed by atoms with E-state index in [1.807, 2.05) is 13.0 Å². The lowest BCUT2D eigenvalue weighted by atomic mass is 9.87. The molecule has 7 atom stereocenters. The van der Waals surface area contributed by atoms with Crippen molar-refractivity contribution in [1.29, 1.82) is 0 Å². The maximum absolute atomic E-state index is 13.7. The van der Waals surface area contributed by atoms with Crippen molar-refractivity contribution in [3.8, 4) is 5.75 Å². The average molecular weight is 498 g/mol. The monoisotopic (exact) mass is 497 g/mol. The van der Waals surface area contributed by atoms with E-state index < -0.39 is 30.7 Å². The second-order valence-corrected chi connectivity index (χ2v) is 10.3. The number of benzene rings is 1. The number of rotatable bonds is 6. The molecule has 0 spiro atoms. The molecule has 2 aromatic heterocycles. The Hall–Kier alpha value is -2.56. The van der Waals surface area contributed by atoms with Crippen molar-refractivity contribution < 1.29 is 29.2 Å². The number of H-pyrrole nitrogens is 1. The van der Waals surface area contributed by atoms with Gasteiger partial charge >= 0.3 is 0 Å². The van der Waals surface area contributed by atoms with Gasteiger partial charge in [0.05, 0.1) is 23.6 Å². The van der Waals surface area contributed by atoms with Crippen LogP contribution in [0.3, 0.4) is 0 Å². The summed E-state index contributed by atoms with van der Waals surface area (Å²) in [6.07, 6.45) is 0.626. The molecule has 2 fully saturated rings. The number of hydrogen-bond acceptors (Lipinski definition) is 8. The third-order valence-corrected chi connectivity index (χ3v) is 7.32. The normalized spacial score (nSPS) is 31.3. The topological polar surface area (TPSA) is 126 Å². The van der Waals surface area contributed by atoms with E-state index in [0.717, 1.165) is 22.7 Å². The van der Waals surface area contributed by atoms with Crippen molar-refractivity contribution in [1.82, 2.24) is 15.3 Å². The Bertz CT molecular complexity index is 1240. The molecule has 0 aliphatic carbocycles. The smallest absolute Gasteiger partial charge is 0.189 e. The van der Waals surface area contributed by atoms with Crippen LogP contribution in [0.5, 0.6) is 5.75 Å². The number of fused-ring (bicyclic) bond motifs is 3. The fourth-order valence-corrected chi connectivity index (χ4v) is 5.47. The molecule has 0 saturated carbocycles. The first kappa shape index (κ1) is 25.1. The number of aromatic nitrogens is 2. The van der Waals surface area contributed by atoms with Crippen molar-refractivity contribution in [2.24, 2.45) is 5.92 Å². The van der Waals surface area contributed by atoms with Crippen LogP contribution in [0, 0.1) is 5.92 Å². The molecule has 0 radical (unpaired) electrons. The van der Waals surface area contributed by atoms with Gasteiger partial charge in [-0.15, -0.1) is 0 Å². The fraction of sp³-hybridized carbons (Fsp3) is 0.556. The number of ketones is 1. The summed E-state index contributed by atoms with van der Waals surface area (Å²) in [5, 5.41) is 25.7. The lowest BCUT2D eigenvalue weighted by Crippen LogP contribution is -2.52. The molecule has 4 N–H and O–H groups in total. The van der Waals surface area contributed by atoms with Crippen LogP contribution >= 0.6 is 0 Å². The summed E-state index contributed by atoms with van der Waals surface area (Å²) in [5.74, 6) is -0.571. The van der Waals surface area contributed by atoms with Crippen LogP contribution in [0.25, 0.3) is 21.8 Å². The van der Waals surface area contributed by atoms with E-state index >= 15 is 0 Å². The lowest BCUT2D eigenvalue weighted by Gasteiger charge is -2.41. The highest BCUT2D eigenvalue weighted by Gasteiger charge is 2.42. The molecule has 36 heavy (non-hydrogen) atoms. The third kappa shape index (κ3) is 4.86. The van der Waals surface area contributed by atoms with Gasteiger partial charge in [-0.05, 0) is 57.4 Å². The number of aromatic hydroxyl groups is 1. The van der Waals surface area contributed by atoms with Crippen molar-refractivity contribution in [2.75, 3.05) is 0 Å². The summed E-state index contributed by atoms with van der Waals surface area (Å²) in [4.78, 5) is 21.4. The minimum atomic E-state index is -1.14. The first-order valence-corrected chi connectivity index (χ1v) is 12.8. The number of ether oxygens (including phenoxy) is 3. The fourth-order valence-electron chi connectivity index (χ4n) is 5.47. The van der Waals surface area contributed by atoms with Gasteiger partial charge in [0.15, 0.2) is 18.4 Å². The van der Waals surface area contributed by atoms with E-state index in [4.69, 9.17) is 14.2 Å². The van der Waals surface area contributed by atoms with Gasteiger partial charge in [-0.3, -0.25) is 9.78 Å². The van der Waals surface area contributed by atoms with E-state index in [-0.39, 0.29) is 23.7 Å². The standard InChI is InChI=1S/C27H35N3O6/c1-13(2)29-20-7-8-23(34-15(20)4)36-22-12-18(14(3)35-27(22)33)26(32)25-24-17(9-10-28-25)19-11-16(31)5-6-21(19)30-24/h5-6,9-11,13-15,18,20,22-23,27,29-31,33H,7-8,12H2,1-4H3. The van der Waals surface area contributed by atoms with Gasteiger partial charge in [0, 0.05) is 34.6 Å². The molecule has 1 aromatic carbocycles. The van der Waals surface area contributed by atoms with Crippen LogP contribution in [0.15, 0.2) is 30.5 Å². The predicted octanol–water partition coefficient (Wildman–Crippen LogP) is 3.62. The highest BCUT2D eigenvalue weighted by Crippen LogP contribution is 2.35. The number of nitrogens with one attached hydrogen (secondary N) is 2. The molecular formula is C27H35N3O6. The Kier molecular flexibility index (Phi) is 7.02. The Morgan fingerprint density at radius 2 is 1.97 bits per heavy atom. The summed E-state index contributed by atoms with van der Waals surface area (Å²) >= 11 is 0. The summed E-state index contributed by atoms with van der Waals surface area (Å²) < 4.78 is 18.0. The number of nitrogens with zero attached hydrogens (tertiary/aromatic N) is 1. The molecule has 194 valence electrons. The number of pyridine rings is 1. The number of hydrogen-bond donors (Lipinski definition) is 4. The first-order chi connectivity index (χ1) is 17.2. The molecule has 9 nitrogen and oxygen atoms in total. The van der Waals surface area contributed by atoms with Crippen LogP contribution in [0.4, 0.5) is 0 Å². The number of phenolic OH excluding ortho intramolecular Hbond substituents is 1. The van der Waals surface area contributed by atoms with Gasteiger partial charge < -0.3 is 34.7 Å². The number of aliphatic hydroxyl groups is 1. The molecule has 0 bridgehead atoms. The highest BCUT2D eigenvalue weighted by molar-refractivity contribution is 6.15. The number of carbonyl (C=O) groups excluding carboxylic acids is 1. The summed E-state index contributed by atoms with van der Waals surface area (Å²) in [5.41, 5.74) is 1.74. The van der Waals surface area contributed by atoms with Crippen molar-refractivity contribution in [3.63, 3.8) is 0 Å². The van der Waals surface area contributed by atoms with E-state index in [0.29, 0.717) is 30.1 Å². The molecule has 2 aliphatic rings. The number of Topliss-reactive ketones (excluding diaryl/α,β-unsaturated/α-hetero) is 1. The maximum Gasteiger partial charge on any atom is 0.189 e. The van der Waals surface area contributed by atoms with E-state index in [1.165, 1.54) is 0 Å². The molecule has 9 heteroatoms. The van der Waals surface area contributed by atoms with Crippen molar-refractivity contribution in [3.05, 3.63) is 36.2 Å². The molecule has 4 heterocycles. The Morgan fingerprint density at radius 3 is 2.72 bits per heavy atom. The van der Waals surface area contributed by atoms with Crippen molar-refractivity contribution >= 4 is 27.6 Å². The minimum Gasteiger partial charge on any atom is -0.508 e. The van der Waals surface area contributed by atoms with Crippen LogP contribution in [0.2, 0.25) is 0 Å². The summed E-state index contributed by atoms with van der Waals surface area (Å²) in [6, 6.07) is 7.48. The quantitative estimate of drug-likeness (QED) is 0.381. The number of carbonyl (C=O) groups is 1. The van der Waals surface area contributed by atoms with Gasteiger partial charge in [0.2, 0.25) is 0 Å². The Balaban J connectivity index is 1.33. The Morgan fingerprint density at radius 1 is 1.17 bits per heavy atom. The van der Waals surface area contributed by atoms with Gasteiger partial charge in [0.1, 0.15) is 17.5 Å². The van der Waals surface area contributed by atoms with Crippen molar-refractivity contribution in [2.45, 2.75) is 89.9 Å². The second kappa shape index (κ2) is 10.1. The van der Waals surface area contributed by atoms with E-state index in [2.05, 4.69) is 29.1 Å². The lowest BCUT2D eigenvalue weighted by molar-refractivity contribution is -0.291. The van der Waals surface area contributed by atoms with Crippen LogP contribution < -0.4 is 5.32 Å². The Labute approximate surface area is 210 Å². The predicted molar refractivity (Wildman–Crippen MR) is 135 cm³/mol. The van der Waals surface area contributed by atoms with E-state index in [1.54, 1.807) is 31.3 Å². The molecule has 0 amide bonds. The first-order valence-electron chi connectivity index (χ1n) is 12.8. The van der Waals surface area contributed by atoms with Crippen LogP contribution in [0.1, 0.15) is 57.4 Å². The van der Waals surface area contributed by atoms with Gasteiger partial charge in [-0.25, -0.2) is 0 Å². The minimum absolute atomic E-state index is 0.0348. The third-order valence-electron chi connectivity index (χ3n) is 7.32. The highest BCUT2D eigenvalue weighted by atomic mass is 16.7. The molecule has 7 unspecified atom stereocenters. The van der Waals surface area contributed by atoms with E-state index in [9.17, 15) is 15.0 Å². The zero-order chi connectivity index (χ0) is 25.6. The average Bonchev–Trinajstić information content (AvgIpc) is 3.20. The molecule has 5 rings (SSSR count). The molecule has 2 aliphatic heterocycles. The summed E-state index contributed by atoms with van der Waals surface area (Å²) in [6.45, 7) is 8.02. The number of aliphatic hydroxyl groups excluding tert-OH is 1.